The molecule has 0 amide bonds. The predicted octanol–water partition coefficient (Wildman–Crippen LogP) is 3.63. The molecule has 0 aromatic heterocycles. The molecule has 0 aliphatic heterocycles. The quantitative estimate of drug-likeness (QED) is 0.829. The topological polar surface area (TPSA) is 44.5 Å². The second kappa shape index (κ2) is 5.98. The van der Waals surface area contributed by atoms with E-state index in [-0.39, 0.29) is 0 Å². The molecule has 1 aromatic carbocycles. The molecule has 0 saturated heterocycles. The van der Waals surface area contributed by atoms with Crippen molar-refractivity contribution in [3.05, 3.63) is 18.2 Å². The summed E-state index contributed by atoms with van der Waals surface area (Å²) in [6.07, 6.45) is 5.33. The van der Waals surface area contributed by atoms with Gasteiger partial charge in [0.15, 0.2) is 0 Å². The Kier molecular flexibility index (Phi) is 4.34. The largest absolute Gasteiger partial charge is 0.492 e. The molecule has 2 unspecified atom stereocenters. The number of anilines is 1. The Hall–Kier alpha value is -1.38. The summed E-state index contributed by atoms with van der Waals surface area (Å²) >= 11 is 0. The van der Waals surface area contributed by atoms with Crippen molar-refractivity contribution in [1.82, 2.24) is 0 Å². The molecular weight excluding hydrogens is 226 g/mol. The summed E-state index contributed by atoms with van der Waals surface area (Å²) in [7, 11) is 0. The van der Waals surface area contributed by atoms with Crippen molar-refractivity contribution in [3.63, 3.8) is 0 Å². The smallest absolute Gasteiger partial charge is 0.145 e. The van der Waals surface area contributed by atoms with Gasteiger partial charge in [0.1, 0.15) is 17.6 Å². The second-order valence-corrected chi connectivity index (χ2v) is 5.05. The van der Waals surface area contributed by atoms with Gasteiger partial charge in [0.2, 0.25) is 0 Å². The zero-order valence-corrected chi connectivity index (χ0v) is 11.3. The van der Waals surface area contributed by atoms with Gasteiger partial charge in [0.25, 0.3) is 0 Å². The minimum absolute atomic E-state index is 0.330. The van der Waals surface area contributed by atoms with Gasteiger partial charge in [-0.15, -0.1) is 0 Å². The molecule has 18 heavy (non-hydrogen) atoms. The number of rotatable bonds is 4. The number of ether oxygens (including phenoxy) is 2. The maximum atomic E-state index is 6.07. The molecule has 0 spiro atoms. The molecule has 0 bridgehead atoms. The minimum atomic E-state index is 0.330. The normalized spacial score (nSPS) is 23.7. The summed E-state index contributed by atoms with van der Waals surface area (Å²) in [4.78, 5) is 0. The van der Waals surface area contributed by atoms with Crippen molar-refractivity contribution in [2.45, 2.75) is 45.6 Å². The van der Waals surface area contributed by atoms with Gasteiger partial charge in [-0.25, -0.2) is 0 Å². The van der Waals surface area contributed by atoms with Gasteiger partial charge >= 0.3 is 0 Å². The number of benzene rings is 1. The van der Waals surface area contributed by atoms with Crippen molar-refractivity contribution in [1.29, 1.82) is 0 Å². The summed E-state index contributed by atoms with van der Waals surface area (Å²) in [5, 5.41) is 0. The van der Waals surface area contributed by atoms with Gasteiger partial charge in [-0.1, -0.05) is 13.3 Å². The van der Waals surface area contributed by atoms with Crippen molar-refractivity contribution in [2.24, 2.45) is 5.92 Å². The first-order valence-electron chi connectivity index (χ1n) is 6.89. The van der Waals surface area contributed by atoms with E-state index in [9.17, 15) is 0 Å². The number of nitrogen functional groups attached to an aromatic ring is 1. The van der Waals surface area contributed by atoms with E-state index in [0.29, 0.717) is 24.3 Å². The Morgan fingerprint density at radius 3 is 2.78 bits per heavy atom. The Morgan fingerprint density at radius 1 is 1.28 bits per heavy atom. The molecule has 1 aliphatic rings. The van der Waals surface area contributed by atoms with Crippen LogP contribution in [0.1, 0.15) is 39.5 Å². The van der Waals surface area contributed by atoms with Gasteiger partial charge in [-0.2, -0.15) is 0 Å². The van der Waals surface area contributed by atoms with E-state index in [1.807, 2.05) is 25.1 Å². The number of nitrogens with two attached hydrogens (primary N) is 1. The fourth-order valence-electron chi connectivity index (χ4n) is 2.50. The molecule has 100 valence electrons. The van der Waals surface area contributed by atoms with Gasteiger partial charge < -0.3 is 15.2 Å². The minimum Gasteiger partial charge on any atom is -0.492 e. The third-order valence-corrected chi connectivity index (χ3v) is 3.61. The van der Waals surface area contributed by atoms with Crippen molar-refractivity contribution in [2.75, 3.05) is 12.3 Å². The highest BCUT2D eigenvalue weighted by molar-refractivity contribution is 5.55. The number of hydrogen-bond donors (Lipinski definition) is 1. The summed E-state index contributed by atoms with van der Waals surface area (Å²) < 4.78 is 11.6. The Bertz CT molecular complexity index is 392. The molecule has 3 nitrogen and oxygen atoms in total. The fourth-order valence-corrected chi connectivity index (χ4v) is 2.50. The molecule has 0 heterocycles. The van der Waals surface area contributed by atoms with E-state index >= 15 is 0 Å². The molecule has 3 heteroatoms. The van der Waals surface area contributed by atoms with Crippen LogP contribution in [0, 0.1) is 5.92 Å². The lowest BCUT2D eigenvalue weighted by Gasteiger charge is -2.29. The van der Waals surface area contributed by atoms with Crippen molar-refractivity contribution < 1.29 is 9.47 Å². The molecule has 2 atom stereocenters. The van der Waals surface area contributed by atoms with E-state index in [4.69, 9.17) is 15.2 Å². The lowest BCUT2D eigenvalue weighted by atomic mass is 9.88. The molecule has 0 radical (unpaired) electrons. The lowest BCUT2D eigenvalue weighted by molar-refractivity contribution is 0.102. The average molecular weight is 249 g/mol. The van der Waals surface area contributed by atoms with Crippen molar-refractivity contribution >= 4 is 5.69 Å². The zero-order chi connectivity index (χ0) is 13.0. The van der Waals surface area contributed by atoms with Crippen LogP contribution in [0.4, 0.5) is 5.69 Å². The van der Waals surface area contributed by atoms with Crippen LogP contribution in [0.2, 0.25) is 0 Å². The van der Waals surface area contributed by atoms with Crippen LogP contribution < -0.4 is 15.2 Å². The van der Waals surface area contributed by atoms with Gasteiger partial charge in [0, 0.05) is 6.07 Å². The van der Waals surface area contributed by atoms with Crippen LogP contribution in [0.25, 0.3) is 0 Å². The van der Waals surface area contributed by atoms with Crippen LogP contribution in [0.5, 0.6) is 11.5 Å². The second-order valence-electron chi connectivity index (χ2n) is 5.05. The molecule has 1 aromatic rings. The maximum absolute atomic E-state index is 6.07. The third-order valence-electron chi connectivity index (χ3n) is 3.61. The lowest BCUT2D eigenvalue weighted by Crippen LogP contribution is -2.28. The van der Waals surface area contributed by atoms with Gasteiger partial charge in [-0.3, -0.25) is 0 Å². The fraction of sp³-hybridized carbons (Fsp3) is 0.600. The number of hydrogen-bond acceptors (Lipinski definition) is 3. The standard InChI is InChI=1S/C15H23NO2/c1-3-17-15-10-12(8-9-13(15)16)18-14-7-5-4-6-11(14)2/h8-11,14H,3-7,16H2,1-2H3. The average Bonchev–Trinajstić information content (AvgIpc) is 2.36. The first-order chi connectivity index (χ1) is 8.70. The van der Waals surface area contributed by atoms with Crippen LogP contribution in [-0.4, -0.2) is 12.7 Å². The van der Waals surface area contributed by atoms with Crippen molar-refractivity contribution in [3.8, 4) is 11.5 Å². The van der Waals surface area contributed by atoms with E-state index < -0.39 is 0 Å². The summed E-state index contributed by atoms with van der Waals surface area (Å²) in [6.45, 7) is 4.84. The van der Waals surface area contributed by atoms with Crippen LogP contribution in [0.15, 0.2) is 18.2 Å². The van der Waals surface area contributed by atoms with E-state index in [2.05, 4.69) is 6.92 Å². The summed E-state index contributed by atoms with van der Waals surface area (Å²) in [6, 6.07) is 5.69. The van der Waals surface area contributed by atoms with E-state index in [1.54, 1.807) is 0 Å². The molecule has 2 rings (SSSR count). The zero-order valence-electron chi connectivity index (χ0n) is 11.3. The highest BCUT2D eigenvalue weighted by atomic mass is 16.5. The summed E-state index contributed by atoms with van der Waals surface area (Å²) in [5.74, 6) is 2.22. The Morgan fingerprint density at radius 2 is 2.06 bits per heavy atom. The van der Waals surface area contributed by atoms with Crippen LogP contribution in [0.3, 0.4) is 0 Å². The first-order valence-corrected chi connectivity index (χ1v) is 6.89. The SMILES string of the molecule is CCOc1cc(OC2CCCCC2C)ccc1N. The highest BCUT2D eigenvalue weighted by Gasteiger charge is 2.23. The predicted molar refractivity (Wildman–Crippen MR) is 74.1 cm³/mol. The van der Waals surface area contributed by atoms with Gasteiger partial charge in [0.05, 0.1) is 12.3 Å². The molecular formula is C15H23NO2. The van der Waals surface area contributed by atoms with E-state index in [0.717, 1.165) is 17.9 Å². The molecule has 1 aliphatic carbocycles. The highest BCUT2D eigenvalue weighted by Crippen LogP contribution is 2.31. The van der Waals surface area contributed by atoms with Crippen LogP contribution >= 0.6 is 0 Å². The Labute approximate surface area is 109 Å². The first kappa shape index (κ1) is 13.1. The third kappa shape index (κ3) is 3.09. The monoisotopic (exact) mass is 249 g/mol. The summed E-state index contributed by atoms with van der Waals surface area (Å²) in [5.41, 5.74) is 6.52. The van der Waals surface area contributed by atoms with Crippen LogP contribution in [-0.2, 0) is 0 Å². The van der Waals surface area contributed by atoms with Gasteiger partial charge in [-0.05, 0) is 44.2 Å². The molecule has 1 fully saturated rings. The Balaban J connectivity index is 2.06. The van der Waals surface area contributed by atoms with E-state index in [1.165, 1.54) is 19.3 Å². The maximum Gasteiger partial charge on any atom is 0.145 e. The molecule has 2 N–H and O–H groups in total. The molecule has 1 saturated carbocycles.